The second kappa shape index (κ2) is 5.31. The Labute approximate surface area is 126 Å². The Kier molecular flexibility index (Phi) is 3.51. The van der Waals surface area contributed by atoms with Crippen molar-refractivity contribution in [1.82, 2.24) is 0 Å². The van der Waals surface area contributed by atoms with Gasteiger partial charge < -0.3 is 4.74 Å². The number of rotatable bonds is 1. The highest BCUT2D eigenvalue weighted by molar-refractivity contribution is 6.37. The monoisotopic (exact) mass is 304 g/mol. The third-order valence-corrected chi connectivity index (χ3v) is 3.78. The molecule has 0 spiro atoms. The molecule has 0 atom stereocenters. The van der Waals surface area contributed by atoms with Crippen LogP contribution in [0.5, 0.6) is 5.75 Å². The lowest BCUT2D eigenvalue weighted by molar-refractivity contribution is 0.100. The van der Waals surface area contributed by atoms with Crippen molar-refractivity contribution in [3.63, 3.8) is 0 Å². The van der Waals surface area contributed by atoms with E-state index in [0.29, 0.717) is 32.5 Å². The maximum atomic E-state index is 12.4. The van der Waals surface area contributed by atoms with Crippen molar-refractivity contribution in [3.8, 4) is 5.75 Å². The van der Waals surface area contributed by atoms with Gasteiger partial charge in [-0.25, -0.2) is 0 Å². The molecule has 3 rings (SSSR count). The van der Waals surface area contributed by atoms with E-state index in [9.17, 15) is 4.79 Å². The molecule has 2 nitrogen and oxygen atoms in total. The fourth-order valence-corrected chi connectivity index (χ4v) is 2.61. The number of para-hydroxylation sites is 1. The Morgan fingerprint density at radius 2 is 1.70 bits per heavy atom. The number of ketones is 1. The summed E-state index contributed by atoms with van der Waals surface area (Å²) in [7, 11) is 0. The van der Waals surface area contributed by atoms with Crippen molar-refractivity contribution in [2.45, 2.75) is 0 Å². The number of Topliss-reactive ketones (excluding diaryl/α,β-unsaturated/α-hetero) is 1. The standard InChI is InChI=1S/C16H10Cl2O2/c17-13-5-3-6-14(18)12(13)8-10-9-20-15-7-2-1-4-11(15)16(10)19/h1-8H,9H2/b10-8+. The minimum absolute atomic E-state index is 0.0529. The van der Waals surface area contributed by atoms with E-state index >= 15 is 0 Å². The molecule has 2 aromatic rings. The highest BCUT2D eigenvalue weighted by atomic mass is 35.5. The SMILES string of the molecule is O=C1/C(=C/c2c(Cl)cccc2Cl)COc2ccccc21. The van der Waals surface area contributed by atoms with E-state index in [-0.39, 0.29) is 12.4 Å². The molecule has 0 aliphatic carbocycles. The first-order chi connectivity index (χ1) is 9.66. The van der Waals surface area contributed by atoms with Gasteiger partial charge in [0.25, 0.3) is 0 Å². The van der Waals surface area contributed by atoms with Crippen LogP contribution < -0.4 is 4.74 Å². The third kappa shape index (κ3) is 2.33. The van der Waals surface area contributed by atoms with Crippen LogP contribution in [0.2, 0.25) is 10.0 Å². The number of ether oxygens (including phenoxy) is 1. The molecule has 0 aromatic heterocycles. The number of benzene rings is 2. The van der Waals surface area contributed by atoms with Gasteiger partial charge in [0, 0.05) is 21.2 Å². The normalized spacial score (nSPS) is 15.9. The van der Waals surface area contributed by atoms with Crippen LogP contribution in [0.1, 0.15) is 15.9 Å². The minimum Gasteiger partial charge on any atom is -0.488 e. The van der Waals surface area contributed by atoms with Crippen molar-refractivity contribution in [2.24, 2.45) is 0 Å². The fraction of sp³-hybridized carbons (Fsp3) is 0.0625. The molecular weight excluding hydrogens is 295 g/mol. The second-order valence-corrected chi connectivity index (χ2v) is 5.23. The summed E-state index contributed by atoms with van der Waals surface area (Å²) in [5, 5.41) is 1.02. The Hall–Kier alpha value is -1.77. The molecule has 4 heteroatoms. The van der Waals surface area contributed by atoms with Gasteiger partial charge in [-0.05, 0) is 30.3 Å². The van der Waals surface area contributed by atoms with E-state index in [1.165, 1.54) is 0 Å². The Morgan fingerprint density at radius 3 is 2.45 bits per heavy atom. The third-order valence-electron chi connectivity index (χ3n) is 3.12. The van der Waals surface area contributed by atoms with E-state index in [1.807, 2.05) is 12.1 Å². The van der Waals surface area contributed by atoms with Crippen molar-refractivity contribution in [1.29, 1.82) is 0 Å². The Morgan fingerprint density at radius 1 is 1.00 bits per heavy atom. The number of halogens is 2. The molecule has 1 aliphatic rings. The maximum absolute atomic E-state index is 12.4. The van der Waals surface area contributed by atoms with Crippen LogP contribution in [0, 0.1) is 0 Å². The summed E-state index contributed by atoms with van der Waals surface area (Å²) in [4.78, 5) is 12.4. The summed E-state index contributed by atoms with van der Waals surface area (Å²) in [6, 6.07) is 12.4. The van der Waals surface area contributed by atoms with Crippen molar-refractivity contribution >= 4 is 35.1 Å². The molecule has 0 amide bonds. The van der Waals surface area contributed by atoms with Gasteiger partial charge in [0.2, 0.25) is 0 Å². The lowest BCUT2D eigenvalue weighted by Crippen LogP contribution is -2.18. The first-order valence-electron chi connectivity index (χ1n) is 6.08. The van der Waals surface area contributed by atoms with E-state index in [2.05, 4.69) is 0 Å². The second-order valence-electron chi connectivity index (χ2n) is 4.42. The molecule has 20 heavy (non-hydrogen) atoms. The molecule has 0 unspecified atom stereocenters. The highest BCUT2D eigenvalue weighted by Gasteiger charge is 2.23. The number of hydrogen-bond acceptors (Lipinski definition) is 2. The van der Waals surface area contributed by atoms with E-state index in [4.69, 9.17) is 27.9 Å². The number of fused-ring (bicyclic) bond motifs is 1. The number of hydrogen-bond donors (Lipinski definition) is 0. The quantitative estimate of drug-likeness (QED) is 0.717. The number of carbonyl (C=O) groups excluding carboxylic acids is 1. The van der Waals surface area contributed by atoms with Crippen molar-refractivity contribution < 1.29 is 9.53 Å². The molecule has 2 aromatic carbocycles. The van der Waals surface area contributed by atoms with Crippen LogP contribution in [0.15, 0.2) is 48.0 Å². The summed E-state index contributed by atoms with van der Waals surface area (Å²) in [6.07, 6.45) is 1.70. The topological polar surface area (TPSA) is 26.3 Å². The Bertz CT molecular complexity index is 700. The smallest absolute Gasteiger partial charge is 0.196 e. The van der Waals surface area contributed by atoms with Crippen LogP contribution >= 0.6 is 23.2 Å². The summed E-state index contributed by atoms with van der Waals surface area (Å²) in [5.41, 5.74) is 1.74. The van der Waals surface area contributed by atoms with Crippen molar-refractivity contribution in [2.75, 3.05) is 6.61 Å². The van der Waals surface area contributed by atoms with Gasteiger partial charge in [-0.1, -0.05) is 41.4 Å². The number of carbonyl (C=O) groups is 1. The predicted octanol–water partition coefficient (Wildman–Crippen LogP) is 4.65. The van der Waals surface area contributed by atoms with Crippen LogP contribution in [-0.4, -0.2) is 12.4 Å². The van der Waals surface area contributed by atoms with Crippen LogP contribution in [-0.2, 0) is 0 Å². The first-order valence-corrected chi connectivity index (χ1v) is 6.83. The largest absolute Gasteiger partial charge is 0.488 e. The van der Waals surface area contributed by atoms with Gasteiger partial charge in [0.05, 0.1) is 5.56 Å². The molecule has 0 saturated carbocycles. The molecule has 1 heterocycles. The predicted molar refractivity (Wildman–Crippen MR) is 80.7 cm³/mol. The molecule has 0 radical (unpaired) electrons. The summed E-state index contributed by atoms with van der Waals surface area (Å²) in [5.74, 6) is 0.558. The van der Waals surface area contributed by atoms with Gasteiger partial charge in [-0.3, -0.25) is 4.79 Å². The summed E-state index contributed by atoms with van der Waals surface area (Å²) < 4.78 is 5.58. The van der Waals surface area contributed by atoms with Gasteiger partial charge >= 0.3 is 0 Å². The molecule has 0 N–H and O–H groups in total. The van der Waals surface area contributed by atoms with Gasteiger partial charge in [-0.2, -0.15) is 0 Å². The molecular formula is C16H10Cl2O2. The molecule has 1 aliphatic heterocycles. The zero-order chi connectivity index (χ0) is 14.1. The molecule has 0 saturated heterocycles. The summed E-state index contributed by atoms with van der Waals surface area (Å²) >= 11 is 12.2. The zero-order valence-corrected chi connectivity index (χ0v) is 11.9. The van der Waals surface area contributed by atoms with E-state index < -0.39 is 0 Å². The van der Waals surface area contributed by atoms with Crippen molar-refractivity contribution in [3.05, 3.63) is 69.2 Å². The molecule has 100 valence electrons. The highest BCUT2D eigenvalue weighted by Crippen LogP contribution is 2.31. The molecule has 0 fully saturated rings. The lowest BCUT2D eigenvalue weighted by Gasteiger charge is -2.18. The van der Waals surface area contributed by atoms with Crippen LogP contribution in [0.25, 0.3) is 6.08 Å². The van der Waals surface area contributed by atoms with E-state index in [1.54, 1.807) is 36.4 Å². The average Bonchev–Trinajstić information content (AvgIpc) is 2.45. The molecule has 0 bridgehead atoms. The van der Waals surface area contributed by atoms with Crippen LogP contribution in [0.4, 0.5) is 0 Å². The van der Waals surface area contributed by atoms with Crippen LogP contribution in [0.3, 0.4) is 0 Å². The summed E-state index contributed by atoms with van der Waals surface area (Å²) in [6.45, 7) is 0.220. The average molecular weight is 305 g/mol. The maximum Gasteiger partial charge on any atom is 0.196 e. The van der Waals surface area contributed by atoms with E-state index in [0.717, 1.165) is 0 Å². The minimum atomic E-state index is -0.0529. The van der Waals surface area contributed by atoms with Gasteiger partial charge in [-0.15, -0.1) is 0 Å². The van der Waals surface area contributed by atoms with Gasteiger partial charge in [0.1, 0.15) is 12.4 Å². The van der Waals surface area contributed by atoms with Gasteiger partial charge in [0.15, 0.2) is 5.78 Å². The Balaban J connectivity index is 2.05. The zero-order valence-electron chi connectivity index (χ0n) is 10.4. The lowest BCUT2D eigenvalue weighted by atomic mass is 9.98. The fourth-order valence-electron chi connectivity index (χ4n) is 2.10. The first kappa shape index (κ1) is 13.2.